The predicted octanol–water partition coefficient (Wildman–Crippen LogP) is 1.82. The number of carboxylic acid groups (broad SMARTS) is 1. The van der Waals surface area contributed by atoms with Gasteiger partial charge in [-0.3, -0.25) is 4.79 Å². The molecule has 1 aromatic carbocycles. The SMILES string of the molecule is CCCC[C@H](NC(=O)CCc1ccc(S(=O)(=O)NC2CC2)cc1)C(=O)O. The molecular weight excluding hydrogens is 356 g/mol. The maximum Gasteiger partial charge on any atom is 0.326 e. The molecule has 0 heterocycles. The third kappa shape index (κ3) is 6.42. The second kappa shape index (κ2) is 9.14. The number of hydrogen-bond acceptors (Lipinski definition) is 4. The fraction of sp³-hybridized carbons (Fsp3) is 0.556. The Morgan fingerprint density at radius 3 is 2.42 bits per heavy atom. The van der Waals surface area contributed by atoms with Crippen molar-refractivity contribution >= 4 is 21.9 Å². The molecule has 144 valence electrons. The first-order valence-electron chi connectivity index (χ1n) is 8.95. The number of carboxylic acids is 1. The van der Waals surface area contributed by atoms with Crippen LogP contribution in [0.5, 0.6) is 0 Å². The van der Waals surface area contributed by atoms with Crippen LogP contribution in [-0.4, -0.2) is 37.5 Å². The molecule has 1 aliphatic rings. The van der Waals surface area contributed by atoms with Crippen molar-refractivity contribution in [3.05, 3.63) is 29.8 Å². The van der Waals surface area contributed by atoms with Gasteiger partial charge in [-0.2, -0.15) is 0 Å². The van der Waals surface area contributed by atoms with Crippen LogP contribution in [0.4, 0.5) is 0 Å². The molecule has 1 amide bonds. The summed E-state index contributed by atoms with van der Waals surface area (Å²) < 4.78 is 26.8. The van der Waals surface area contributed by atoms with Gasteiger partial charge in [0.15, 0.2) is 0 Å². The highest BCUT2D eigenvalue weighted by Crippen LogP contribution is 2.22. The Balaban J connectivity index is 1.84. The molecule has 26 heavy (non-hydrogen) atoms. The molecule has 1 aromatic rings. The second-order valence-corrected chi connectivity index (χ2v) is 8.35. The molecule has 0 aliphatic heterocycles. The van der Waals surface area contributed by atoms with Crippen molar-refractivity contribution in [3.63, 3.8) is 0 Å². The summed E-state index contributed by atoms with van der Waals surface area (Å²) in [6.45, 7) is 1.96. The molecule has 1 aliphatic carbocycles. The predicted molar refractivity (Wildman–Crippen MR) is 97.2 cm³/mol. The minimum Gasteiger partial charge on any atom is -0.480 e. The van der Waals surface area contributed by atoms with Crippen molar-refractivity contribution in [1.82, 2.24) is 10.0 Å². The van der Waals surface area contributed by atoms with Crippen molar-refractivity contribution in [1.29, 1.82) is 0 Å². The number of carbonyl (C=O) groups excluding carboxylic acids is 1. The molecule has 0 bridgehead atoms. The number of nitrogens with one attached hydrogen (secondary N) is 2. The van der Waals surface area contributed by atoms with Gasteiger partial charge in [0, 0.05) is 12.5 Å². The number of sulfonamides is 1. The third-order valence-electron chi connectivity index (χ3n) is 4.25. The summed E-state index contributed by atoms with van der Waals surface area (Å²) in [4.78, 5) is 23.3. The fourth-order valence-corrected chi connectivity index (χ4v) is 3.82. The largest absolute Gasteiger partial charge is 0.480 e. The van der Waals surface area contributed by atoms with Crippen molar-refractivity contribution in [2.75, 3.05) is 0 Å². The summed E-state index contributed by atoms with van der Waals surface area (Å²) >= 11 is 0. The van der Waals surface area contributed by atoms with Gasteiger partial charge >= 0.3 is 5.97 Å². The summed E-state index contributed by atoms with van der Waals surface area (Å²) in [5, 5.41) is 11.7. The molecule has 1 saturated carbocycles. The highest BCUT2D eigenvalue weighted by Gasteiger charge is 2.27. The first-order valence-corrected chi connectivity index (χ1v) is 10.4. The lowest BCUT2D eigenvalue weighted by Gasteiger charge is -2.14. The van der Waals surface area contributed by atoms with E-state index < -0.39 is 22.0 Å². The number of hydrogen-bond donors (Lipinski definition) is 3. The summed E-state index contributed by atoms with van der Waals surface area (Å²) in [5.74, 6) is -1.34. The van der Waals surface area contributed by atoms with Gasteiger partial charge in [-0.1, -0.05) is 31.9 Å². The molecule has 0 radical (unpaired) electrons. The number of unbranched alkanes of at least 4 members (excludes halogenated alkanes) is 1. The van der Waals surface area contributed by atoms with Gasteiger partial charge in [-0.25, -0.2) is 17.9 Å². The molecule has 2 rings (SSSR count). The highest BCUT2D eigenvalue weighted by atomic mass is 32.2. The van der Waals surface area contributed by atoms with Gasteiger partial charge in [-0.05, 0) is 43.4 Å². The van der Waals surface area contributed by atoms with Crippen LogP contribution in [0.1, 0.15) is 51.0 Å². The molecule has 0 aromatic heterocycles. The third-order valence-corrected chi connectivity index (χ3v) is 5.79. The smallest absolute Gasteiger partial charge is 0.326 e. The summed E-state index contributed by atoms with van der Waals surface area (Å²) in [5.41, 5.74) is 0.825. The first-order chi connectivity index (χ1) is 12.3. The van der Waals surface area contributed by atoms with E-state index in [0.717, 1.165) is 31.2 Å². The van der Waals surface area contributed by atoms with Crippen molar-refractivity contribution in [2.24, 2.45) is 0 Å². The molecular formula is C18H26N2O5S. The van der Waals surface area contributed by atoms with E-state index in [-0.39, 0.29) is 23.3 Å². The van der Waals surface area contributed by atoms with Crippen LogP contribution < -0.4 is 10.0 Å². The van der Waals surface area contributed by atoms with Crippen LogP contribution in [0.3, 0.4) is 0 Å². The van der Waals surface area contributed by atoms with E-state index in [1.54, 1.807) is 12.1 Å². The van der Waals surface area contributed by atoms with Crippen LogP contribution in [0.25, 0.3) is 0 Å². The average molecular weight is 382 g/mol. The number of benzene rings is 1. The van der Waals surface area contributed by atoms with E-state index in [4.69, 9.17) is 5.11 Å². The quantitative estimate of drug-likeness (QED) is 0.540. The van der Waals surface area contributed by atoms with Crippen LogP contribution in [0, 0.1) is 0 Å². The van der Waals surface area contributed by atoms with E-state index in [9.17, 15) is 18.0 Å². The van der Waals surface area contributed by atoms with Crippen molar-refractivity contribution in [3.8, 4) is 0 Å². The van der Waals surface area contributed by atoms with Gasteiger partial charge in [0.2, 0.25) is 15.9 Å². The lowest BCUT2D eigenvalue weighted by Crippen LogP contribution is -2.40. The molecule has 0 saturated heterocycles. The van der Waals surface area contributed by atoms with E-state index in [0.29, 0.717) is 12.8 Å². The molecule has 1 fully saturated rings. The zero-order chi connectivity index (χ0) is 19.2. The number of aryl methyl sites for hydroxylation is 1. The minimum atomic E-state index is -3.47. The average Bonchev–Trinajstić information content (AvgIpc) is 3.40. The van der Waals surface area contributed by atoms with E-state index in [1.807, 2.05) is 6.92 Å². The van der Waals surface area contributed by atoms with E-state index in [1.165, 1.54) is 12.1 Å². The Morgan fingerprint density at radius 2 is 1.88 bits per heavy atom. The normalized spacial score (nSPS) is 15.4. The molecule has 3 N–H and O–H groups in total. The summed E-state index contributed by atoms with van der Waals surface area (Å²) in [6.07, 6.45) is 4.35. The lowest BCUT2D eigenvalue weighted by molar-refractivity contribution is -0.142. The van der Waals surface area contributed by atoms with Crippen LogP contribution in [0.15, 0.2) is 29.2 Å². The zero-order valence-corrected chi connectivity index (χ0v) is 15.7. The Hall–Kier alpha value is -1.93. The second-order valence-electron chi connectivity index (χ2n) is 6.64. The number of carbonyl (C=O) groups is 2. The van der Waals surface area contributed by atoms with Gasteiger partial charge in [0.25, 0.3) is 0 Å². The van der Waals surface area contributed by atoms with Gasteiger partial charge in [0.05, 0.1) is 4.90 Å². The Morgan fingerprint density at radius 1 is 1.23 bits per heavy atom. The van der Waals surface area contributed by atoms with Gasteiger partial charge in [-0.15, -0.1) is 0 Å². The molecule has 7 nitrogen and oxygen atoms in total. The molecule has 0 unspecified atom stereocenters. The molecule has 0 spiro atoms. The fourth-order valence-electron chi connectivity index (χ4n) is 2.51. The first kappa shape index (κ1) is 20.4. The number of amides is 1. The maximum atomic E-state index is 12.1. The Kier molecular flexibility index (Phi) is 7.16. The molecule has 1 atom stereocenters. The molecule has 8 heteroatoms. The highest BCUT2D eigenvalue weighted by molar-refractivity contribution is 7.89. The topological polar surface area (TPSA) is 113 Å². The Bertz CT molecular complexity index is 726. The van der Waals surface area contributed by atoms with Crippen LogP contribution in [-0.2, 0) is 26.0 Å². The van der Waals surface area contributed by atoms with E-state index in [2.05, 4.69) is 10.0 Å². The minimum absolute atomic E-state index is 0.0539. The lowest BCUT2D eigenvalue weighted by atomic mass is 10.1. The van der Waals surface area contributed by atoms with E-state index >= 15 is 0 Å². The van der Waals surface area contributed by atoms with Crippen molar-refractivity contribution < 1.29 is 23.1 Å². The zero-order valence-electron chi connectivity index (χ0n) is 14.9. The maximum absolute atomic E-state index is 12.1. The monoisotopic (exact) mass is 382 g/mol. The van der Waals surface area contributed by atoms with Crippen molar-refractivity contribution in [2.45, 2.75) is 68.8 Å². The summed E-state index contributed by atoms with van der Waals surface area (Å²) in [6, 6.07) is 5.61. The van der Waals surface area contributed by atoms with Crippen LogP contribution >= 0.6 is 0 Å². The van der Waals surface area contributed by atoms with Gasteiger partial charge < -0.3 is 10.4 Å². The summed E-state index contributed by atoms with van der Waals surface area (Å²) in [7, 11) is -3.47. The number of rotatable bonds is 11. The van der Waals surface area contributed by atoms with Crippen LogP contribution in [0.2, 0.25) is 0 Å². The Labute approximate surface area is 154 Å². The standard InChI is InChI=1S/C18H26N2O5S/c1-2-3-4-16(18(22)23)19-17(21)12-7-13-5-10-15(11-6-13)26(24,25)20-14-8-9-14/h5-6,10-11,14,16,20H,2-4,7-9,12H2,1H3,(H,19,21)(H,22,23)/t16-/m0/s1. The number of aliphatic carboxylic acids is 1. The van der Waals surface area contributed by atoms with Gasteiger partial charge in [0.1, 0.15) is 6.04 Å².